The van der Waals surface area contributed by atoms with Crippen molar-refractivity contribution >= 4 is 82.0 Å². The molecule has 0 unspecified atom stereocenters. The number of carbonyl (C=O) groups is 4. The summed E-state index contributed by atoms with van der Waals surface area (Å²) >= 11 is 4.34. The Hall–Kier alpha value is -3.72. The summed E-state index contributed by atoms with van der Waals surface area (Å²) in [4.78, 5) is 44.9. The van der Waals surface area contributed by atoms with Gasteiger partial charge in [0.2, 0.25) is 0 Å². The molecule has 2 aliphatic rings. The van der Waals surface area contributed by atoms with Gasteiger partial charge in [-0.25, -0.2) is 18.4 Å². The average Bonchev–Trinajstić information content (AvgIpc) is 3.83. The van der Waals surface area contributed by atoms with Gasteiger partial charge in [0.25, 0.3) is 0 Å². The van der Waals surface area contributed by atoms with Crippen LogP contribution in [-0.4, -0.2) is 37.7 Å². The second kappa shape index (κ2) is 16.9. The van der Waals surface area contributed by atoms with Gasteiger partial charge in [0.1, 0.15) is 11.6 Å². The quantitative estimate of drug-likeness (QED) is 0.116. The molecule has 4 aromatic rings. The van der Waals surface area contributed by atoms with Crippen LogP contribution in [0.3, 0.4) is 0 Å². The standard InChI is InChI=1S/2C10H9FO2S.2C5H3FOS/c1-2-13-10(12)7-3-6-5-9(11)14-8(6)4-7;1-2-13-10(12)6-3-7-8(11)5-14-9(7)4-6;6-4-1-5(2-7)8-3-4;6-5-2-1-4(3-7)8-5/h2*4-5H,2-3H2,1H3;2*1-3H. The van der Waals surface area contributed by atoms with Crippen molar-refractivity contribution in [1.82, 2.24) is 0 Å². The molecule has 0 atom stereocenters. The Bertz CT molecular complexity index is 1630. The summed E-state index contributed by atoms with van der Waals surface area (Å²) in [5.41, 5.74) is 2.68. The number of aldehydes is 2. The summed E-state index contributed by atoms with van der Waals surface area (Å²) in [7, 11) is 0. The number of halogens is 4. The number of ether oxygens (including phenoxy) is 2. The number of carbonyl (C=O) groups excluding carboxylic acids is 4. The first-order valence-corrected chi connectivity index (χ1v) is 16.2. The van der Waals surface area contributed by atoms with E-state index >= 15 is 0 Å². The molecule has 4 heterocycles. The number of esters is 2. The van der Waals surface area contributed by atoms with E-state index < -0.39 is 0 Å². The second-order valence-electron chi connectivity index (χ2n) is 8.54. The van der Waals surface area contributed by atoms with Crippen molar-refractivity contribution in [1.29, 1.82) is 0 Å². The fourth-order valence-electron chi connectivity index (χ4n) is 3.64. The van der Waals surface area contributed by atoms with Gasteiger partial charge in [0.15, 0.2) is 22.8 Å². The van der Waals surface area contributed by atoms with Crippen molar-refractivity contribution in [2.24, 2.45) is 0 Å². The number of hydrogen-bond donors (Lipinski definition) is 0. The zero-order valence-electron chi connectivity index (χ0n) is 23.2. The van der Waals surface area contributed by atoms with Crippen molar-refractivity contribution in [3.05, 3.63) is 98.7 Å². The van der Waals surface area contributed by atoms with Gasteiger partial charge >= 0.3 is 11.9 Å². The highest BCUT2D eigenvalue weighted by Crippen LogP contribution is 2.33. The average molecular weight is 685 g/mol. The Kier molecular flexibility index (Phi) is 13.4. The van der Waals surface area contributed by atoms with Crippen LogP contribution in [0.25, 0.3) is 12.2 Å². The molecule has 2 aliphatic carbocycles. The van der Waals surface area contributed by atoms with Crippen molar-refractivity contribution < 1.29 is 46.2 Å². The maximum Gasteiger partial charge on any atom is 0.334 e. The minimum Gasteiger partial charge on any atom is -0.463 e. The van der Waals surface area contributed by atoms with Gasteiger partial charge in [-0.1, -0.05) is 0 Å². The van der Waals surface area contributed by atoms with Crippen LogP contribution in [0, 0.1) is 21.9 Å². The van der Waals surface area contributed by atoms with Crippen LogP contribution in [0.15, 0.2) is 46.2 Å². The lowest BCUT2D eigenvalue weighted by atomic mass is 10.2. The van der Waals surface area contributed by atoms with Gasteiger partial charge < -0.3 is 9.47 Å². The van der Waals surface area contributed by atoms with Crippen LogP contribution < -0.4 is 0 Å². The number of hydrogen-bond acceptors (Lipinski definition) is 10. The first-order chi connectivity index (χ1) is 21.1. The summed E-state index contributed by atoms with van der Waals surface area (Å²) in [6.45, 7) is 4.25. The number of fused-ring (bicyclic) bond motifs is 2. The molecule has 6 nitrogen and oxygen atoms in total. The lowest BCUT2D eigenvalue weighted by molar-refractivity contribution is -0.139. The molecule has 44 heavy (non-hydrogen) atoms. The minimum atomic E-state index is -0.338. The van der Waals surface area contributed by atoms with Crippen molar-refractivity contribution in [3.8, 4) is 0 Å². The van der Waals surface area contributed by atoms with E-state index in [1.54, 1.807) is 26.0 Å². The molecular weight excluding hydrogens is 661 g/mol. The molecule has 0 radical (unpaired) electrons. The maximum absolute atomic E-state index is 13.1. The van der Waals surface area contributed by atoms with Gasteiger partial charge in [-0.2, -0.15) is 8.78 Å². The Labute approximate surface area is 265 Å². The molecule has 4 aromatic heterocycles. The van der Waals surface area contributed by atoms with E-state index in [0.717, 1.165) is 49.3 Å². The molecule has 0 saturated carbocycles. The first kappa shape index (κ1) is 34.8. The van der Waals surface area contributed by atoms with Crippen molar-refractivity contribution in [2.75, 3.05) is 13.2 Å². The highest BCUT2D eigenvalue weighted by atomic mass is 32.1. The van der Waals surface area contributed by atoms with Gasteiger partial charge in [0.05, 0.1) is 23.0 Å². The lowest BCUT2D eigenvalue weighted by Crippen LogP contribution is -2.07. The molecule has 0 aliphatic heterocycles. The van der Waals surface area contributed by atoms with E-state index in [9.17, 15) is 36.7 Å². The Morgan fingerprint density at radius 2 is 1.41 bits per heavy atom. The monoisotopic (exact) mass is 684 g/mol. The highest BCUT2D eigenvalue weighted by molar-refractivity contribution is 7.12. The smallest absolute Gasteiger partial charge is 0.334 e. The molecule has 0 aromatic carbocycles. The second-order valence-corrected chi connectivity index (χ2v) is 12.5. The third kappa shape index (κ3) is 9.91. The summed E-state index contributed by atoms with van der Waals surface area (Å²) in [5, 5.41) is 2.24. The van der Waals surface area contributed by atoms with Crippen LogP contribution in [-0.2, 0) is 31.9 Å². The molecule has 6 rings (SSSR count). The van der Waals surface area contributed by atoms with E-state index in [1.807, 2.05) is 0 Å². The Morgan fingerprint density at radius 3 is 1.86 bits per heavy atom. The fraction of sp³-hybridized carbons (Fsp3) is 0.200. The number of thiophene rings is 4. The Morgan fingerprint density at radius 1 is 0.773 bits per heavy atom. The van der Waals surface area contributed by atoms with Crippen LogP contribution in [0.5, 0.6) is 0 Å². The summed E-state index contributed by atoms with van der Waals surface area (Å²) < 4.78 is 59.5. The molecule has 0 spiro atoms. The van der Waals surface area contributed by atoms with Gasteiger partial charge in [-0.15, -0.1) is 45.3 Å². The van der Waals surface area contributed by atoms with E-state index in [0.29, 0.717) is 65.1 Å². The van der Waals surface area contributed by atoms with Gasteiger partial charge in [-0.05, 0) is 55.8 Å². The van der Waals surface area contributed by atoms with Gasteiger partial charge in [-0.3, -0.25) is 9.59 Å². The van der Waals surface area contributed by atoms with Crippen LogP contribution >= 0.6 is 45.3 Å². The van der Waals surface area contributed by atoms with E-state index in [2.05, 4.69) is 0 Å². The Balaban J connectivity index is 0.000000166. The van der Waals surface area contributed by atoms with E-state index in [4.69, 9.17) is 9.47 Å². The topological polar surface area (TPSA) is 86.7 Å². The molecule has 0 N–H and O–H groups in total. The van der Waals surface area contributed by atoms with E-state index in [-0.39, 0.29) is 33.8 Å². The molecule has 0 amide bonds. The van der Waals surface area contributed by atoms with Crippen LogP contribution in [0.1, 0.15) is 54.1 Å². The zero-order valence-corrected chi connectivity index (χ0v) is 26.5. The normalized spacial score (nSPS) is 12.0. The molecule has 0 bridgehead atoms. The molecule has 232 valence electrons. The van der Waals surface area contributed by atoms with Crippen molar-refractivity contribution in [3.63, 3.8) is 0 Å². The molecular formula is C30H24F4O6S4. The molecule has 0 fully saturated rings. The van der Waals surface area contributed by atoms with Crippen LogP contribution in [0.4, 0.5) is 17.6 Å². The molecule has 0 saturated heterocycles. The number of rotatable bonds is 6. The first-order valence-electron chi connectivity index (χ1n) is 12.8. The fourth-order valence-corrected chi connectivity index (χ4v) is 6.51. The highest BCUT2D eigenvalue weighted by Gasteiger charge is 2.24. The molecule has 14 heteroatoms. The third-order valence-electron chi connectivity index (χ3n) is 5.53. The summed E-state index contributed by atoms with van der Waals surface area (Å²) in [6.07, 6.45) is 5.54. The van der Waals surface area contributed by atoms with E-state index in [1.165, 1.54) is 46.4 Å². The predicted octanol–water partition coefficient (Wildman–Crippen LogP) is 8.18. The van der Waals surface area contributed by atoms with Gasteiger partial charge in [0, 0.05) is 50.1 Å². The largest absolute Gasteiger partial charge is 0.463 e. The zero-order chi connectivity index (χ0) is 32.2. The lowest BCUT2D eigenvalue weighted by Gasteiger charge is -2.00. The third-order valence-corrected chi connectivity index (χ3v) is 9.02. The summed E-state index contributed by atoms with van der Waals surface area (Å²) in [5.74, 6) is -1.19. The minimum absolute atomic E-state index is 0.200. The van der Waals surface area contributed by atoms with Crippen LogP contribution in [0.2, 0.25) is 0 Å². The maximum atomic E-state index is 13.1. The SMILES string of the molecule is CCOC(=O)C1=Cc2sc(F)cc2C1.CCOC(=O)C1=Cc2scc(F)c2C1.O=Cc1cc(F)cs1.O=Cc1ccc(F)s1. The summed E-state index contributed by atoms with van der Waals surface area (Å²) in [6, 6.07) is 5.40. The predicted molar refractivity (Wildman–Crippen MR) is 165 cm³/mol. The van der Waals surface area contributed by atoms with Crippen molar-refractivity contribution in [2.45, 2.75) is 26.7 Å².